The van der Waals surface area contributed by atoms with E-state index in [9.17, 15) is 4.39 Å². The second-order valence-corrected chi connectivity index (χ2v) is 8.45. The summed E-state index contributed by atoms with van der Waals surface area (Å²) in [6.45, 7) is 15.7. The van der Waals surface area contributed by atoms with E-state index in [4.69, 9.17) is 18.8 Å². The molecule has 0 fully saturated rings. The number of rotatable bonds is 4. The van der Waals surface area contributed by atoms with Crippen LogP contribution in [0.1, 0.15) is 31.9 Å². The van der Waals surface area contributed by atoms with Crippen LogP contribution in [0.5, 0.6) is 0 Å². The summed E-state index contributed by atoms with van der Waals surface area (Å²) in [5.74, 6) is -0.250. The van der Waals surface area contributed by atoms with Crippen molar-refractivity contribution in [1.82, 2.24) is 4.90 Å². The molecule has 2 aromatic carbocycles. The number of halogens is 1. The summed E-state index contributed by atoms with van der Waals surface area (Å²) < 4.78 is 14.6. The molecule has 0 bridgehead atoms. The number of hydrogen-bond acceptors (Lipinski definition) is 2. The van der Waals surface area contributed by atoms with Crippen LogP contribution in [0.2, 0.25) is 0 Å². The lowest BCUT2D eigenvalue weighted by molar-refractivity contribution is 0.392. The van der Waals surface area contributed by atoms with E-state index in [1.54, 1.807) is 12.1 Å². The van der Waals surface area contributed by atoms with Gasteiger partial charge in [-0.2, -0.15) is 0 Å². The fraction of sp³-hybridized carbons (Fsp3) is 0.364. The zero-order valence-corrected chi connectivity index (χ0v) is 18.1. The van der Waals surface area contributed by atoms with Gasteiger partial charge in [-0.3, -0.25) is 0 Å². The Balaban J connectivity index is 2.34. The Morgan fingerprint density at radius 2 is 1.86 bits per heavy atom. The maximum atomic E-state index is 14.6. The summed E-state index contributed by atoms with van der Waals surface area (Å²) in [7, 11) is 3.82. The lowest BCUT2D eigenvalue weighted by atomic mass is 10.0. The molecule has 2 aromatic rings. The molecule has 0 radical (unpaired) electrons. The van der Waals surface area contributed by atoms with Gasteiger partial charge in [0.25, 0.3) is 0 Å². The predicted molar refractivity (Wildman–Crippen MR) is 120 cm³/mol. The van der Waals surface area contributed by atoms with Gasteiger partial charge >= 0.3 is 0 Å². The second kappa shape index (κ2) is 8.68. The fourth-order valence-corrected chi connectivity index (χ4v) is 3.49. The van der Waals surface area contributed by atoms with Crippen molar-refractivity contribution < 1.29 is 4.39 Å². The molecule has 0 saturated heterocycles. The van der Waals surface area contributed by atoms with Gasteiger partial charge in [0.1, 0.15) is 5.82 Å². The normalized spacial score (nSPS) is 11.2. The summed E-state index contributed by atoms with van der Waals surface area (Å²) in [4.78, 5) is 7.32. The fourth-order valence-electron chi connectivity index (χ4n) is 2.99. The molecule has 148 valence electrons. The summed E-state index contributed by atoms with van der Waals surface area (Å²) in [5.41, 5.74) is 3.28. The van der Waals surface area contributed by atoms with Gasteiger partial charge in [0.2, 0.25) is 0 Å². The van der Waals surface area contributed by atoms with Crippen molar-refractivity contribution in [2.24, 2.45) is 0 Å². The molecule has 6 heteroatoms. The third-order valence-corrected chi connectivity index (χ3v) is 4.51. The smallest absolute Gasteiger partial charge is 0.190 e. The first kappa shape index (κ1) is 21.8. The lowest BCUT2D eigenvalue weighted by Gasteiger charge is -2.38. The molecule has 0 aliphatic rings. The standard InChI is InChI=1S/C22H27FN4S/c1-15-12-17(9-11-20(15)24-5)25-21(28)27(22(2,3)4)18-10-8-16(14-26(6)7)19(23)13-18/h8-13H,14H2,1-4,6-7H3,(H,25,28). The Bertz CT molecular complexity index is 910. The van der Waals surface area contributed by atoms with E-state index in [-0.39, 0.29) is 11.4 Å². The largest absolute Gasteiger partial charge is 0.332 e. The van der Waals surface area contributed by atoms with E-state index >= 15 is 0 Å². The third-order valence-electron chi connectivity index (χ3n) is 4.22. The Labute approximate surface area is 172 Å². The molecule has 0 amide bonds. The number of hydrogen-bond donors (Lipinski definition) is 1. The number of benzene rings is 2. The van der Waals surface area contributed by atoms with E-state index in [2.05, 4.69) is 10.2 Å². The second-order valence-electron chi connectivity index (χ2n) is 8.06. The summed E-state index contributed by atoms with van der Waals surface area (Å²) in [6, 6.07) is 10.7. The molecule has 0 unspecified atom stereocenters. The lowest BCUT2D eigenvalue weighted by Crippen LogP contribution is -2.48. The SMILES string of the molecule is [C-]#[N+]c1ccc(NC(=S)N(c2ccc(CN(C)C)c(F)c2)C(C)(C)C)cc1C. The van der Waals surface area contributed by atoms with Gasteiger partial charge in [-0.25, -0.2) is 9.24 Å². The summed E-state index contributed by atoms with van der Waals surface area (Å²) >= 11 is 5.66. The quantitative estimate of drug-likeness (QED) is 0.523. The van der Waals surface area contributed by atoms with Crippen molar-refractivity contribution in [2.75, 3.05) is 24.3 Å². The van der Waals surface area contributed by atoms with Crippen molar-refractivity contribution in [1.29, 1.82) is 0 Å². The summed E-state index contributed by atoms with van der Waals surface area (Å²) in [5, 5.41) is 3.70. The van der Waals surface area contributed by atoms with Crippen LogP contribution in [0, 0.1) is 19.3 Å². The minimum atomic E-state index is -0.356. The highest BCUT2D eigenvalue weighted by Gasteiger charge is 2.26. The van der Waals surface area contributed by atoms with E-state index in [1.807, 2.05) is 69.8 Å². The van der Waals surface area contributed by atoms with Crippen molar-refractivity contribution in [2.45, 2.75) is 39.8 Å². The highest BCUT2D eigenvalue weighted by atomic mass is 32.1. The monoisotopic (exact) mass is 398 g/mol. The van der Waals surface area contributed by atoms with Gasteiger partial charge in [-0.15, -0.1) is 0 Å². The molecule has 28 heavy (non-hydrogen) atoms. The molecule has 0 saturated carbocycles. The Kier molecular flexibility index (Phi) is 6.76. The molecule has 0 aromatic heterocycles. The van der Waals surface area contributed by atoms with Gasteiger partial charge in [0, 0.05) is 29.0 Å². The van der Waals surface area contributed by atoms with Crippen LogP contribution >= 0.6 is 12.2 Å². The van der Waals surface area contributed by atoms with Crippen LogP contribution in [0.4, 0.5) is 21.5 Å². The third kappa shape index (κ3) is 5.28. The first-order valence-corrected chi connectivity index (χ1v) is 9.46. The molecular formula is C22H27FN4S. The topological polar surface area (TPSA) is 22.9 Å². The molecule has 4 nitrogen and oxygen atoms in total. The molecule has 0 aliphatic carbocycles. The van der Waals surface area contributed by atoms with Gasteiger partial charge in [-0.1, -0.05) is 12.1 Å². The molecule has 0 aliphatic heterocycles. The molecule has 0 heterocycles. The predicted octanol–water partition coefficient (Wildman–Crippen LogP) is 5.75. The van der Waals surface area contributed by atoms with Crippen molar-refractivity contribution >= 4 is 34.4 Å². The van der Waals surface area contributed by atoms with E-state index in [0.29, 0.717) is 28.6 Å². The molecule has 1 N–H and O–H groups in total. The van der Waals surface area contributed by atoms with Gasteiger partial charge < -0.3 is 15.1 Å². The van der Waals surface area contributed by atoms with Crippen molar-refractivity contribution in [3.05, 3.63) is 64.8 Å². The molecular weight excluding hydrogens is 371 g/mol. The Morgan fingerprint density at radius 3 is 2.36 bits per heavy atom. The van der Waals surface area contributed by atoms with E-state index in [1.165, 1.54) is 6.07 Å². The minimum absolute atomic E-state index is 0.250. The van der Waals surface area contributed by atoms with Gasteiger partial charge in [0.15, 0.2) is 10.8 Å². The Morgan fingerprint density at radius 1 is 1.18 bits per heavy atom. The number of nitrogens with one attached hydrogen (secondary N) is 1. The molecule has 2 rings (SSSR count). The summed E-state index contributed by atoms with van der Waals surface area (Å²) in [6.07, 6.45) is 0. The van der Waals surface area contributed by atoms with E-state index in [0.717, 1.165) is 11.3 Å². The number of nitrogens with zero attached hydrogens (tertiary/aromatic N) is 3. The first-order valence-electron chi connectivity index (χ1n) is 9.05. The molecule has 0 atom stereocenters. The zero-order chi connectivity index (χ0) is 21.1. The van der Waals surface area contributed by atoms with Crippen LogP contribution in [0.15, 0.2) is 36.4 Å². The average Bonchev–Trinajstić information content (AvgIpc) is 2.56. The van der Waals surface area contributed by atoms with Crippen LogP contribution in [-0.4, -0.2) is 29.6 Å². The van der Waals surface area contributed by atoms with Crippen LogP contribution in [0.3, 0.4) is 0 Å². The average molecular weight is 399 g/mol. The van der Waals surface area contributed by atoms with Crippen molar-refractivity contribution in [3.8, 4) is 0 Å². The van der Waals surface area contributed by atoms with Crippen LogP contribution in [-0.2, 0) is 6.54 Å². The highest BCUT2D eigenvalue weighted by Crippen LogP contribution is 2.28. The minimum Gasteiger partial charge on any atom is -0.332 e. The molecule has 0 spiro atoms. The van der Waals surface area contributed by atoms with Crippen LogP contribution in [0.25, 0.3) is 4.85 Å². The van der Waals surface area contributed by atoms with Gasteiger partial charge in [0.05, 0.1) is 6.57 Å². The first-order chi connectivity index (χ1) is 13.0. The number of anilines is 2. The number of aryl methyl sites for hydroxylation is 1. The number of thiocarbonyl (C=S) groups is 1. The Hall–Kier alpha value is -2.49. The van der Waals surface area contributed by atoms with Gasteiger partial charge in [-0.05, 0) is 83.8 Å². The maximum Gasteiger partial charge on any atom is 0.190 e. The van der Waals surface area contributed by atoms with E-state index < -0.39 is 0 Å². The maximum absolute atomic E-state index is 14.6. The van der Waals surface area contributed by atoms with Crippen molar-refractivity contribution in [3.63, 3.8) is 0 Å². The zero-order valence-electron chi connectivity index (χ0n) is 17.3. The highest BCUT2D eigenvalue weighted by molar-refractivity contribution is 7.80. The van der Waals surface area contributed by atoms with Crippen LogP contribution < -0.4 is 10.2 Å².